The van der Waals surface area contributed by atoms with E-state index in [-0.39, 0.29) is 0 Å². The van der Waals surface area contributed by atoms with Gasteiger partial charge in [0, 0.05) is 19.2 Å². The predicted molar refractivity (Wildman–Crippen MR) is 63.6 cm³/mol. The first-order valence-corrected chi connectivity index (χ1v) is 6.01. The van der Waals surface area contributed by atoms with Crippen molar-refractivity contribution >= 4 is 17.4 Å². The van der Waals surface area contributed by atoms with Crippen LogP contribution in [0.1, 0.15) is 25.6 Å². The molecule has 0 unspecified atom stereocenters. The molecule has 1 fully saturated rings. The van der Waals surface area contributed by atoms with Crippen LogP contribution in [0.2, 0.25) is 5.15 Å². The molecular weight excluding hydrogens is 226 g/mol. The molecule has 1 aliphatic carbocycles. The summed E-state index contributed by atoms with van der Waals surface area (Å²) >= 11 is 5.91. The maximum absolute atomic E-state index is 5.91. The first-order chi connectivity index (χ1) is 7.78. The van der Waals surface area contributed by atoms with Gasteiger partial charge in [0.2, 0.25) is 0 Å². The average molecular weight is 242 g/mol. The maximum atomic E-state index is 5.91. The number of rotatable bonds is 6. The van der Waals surface area contributed by atoms with Gasteiger partial charge >= 0.3 is 0 Å². The summed E-state index contributed by atoms with van der Waals surface area (Å²) in [5.74, 6) is 2.23. The second kappa shape index (κ2) is 5.46. The summed E-state index contributed by atoms with van der Waals surface area (Å²) in [7, 11) is 0. The molecule has 1 aromatic rings. The van der Waals surface area contributed by atoms with Gasteiger partial charge in [-0.3, -0.25) is 0 Å². The molecule has 0 atom stereocenters. The Bertz CT molecular complexity index is 355. The number of anilines is 1. The molecule has 0 radical (unpaired) electrons. The van der Waals surface area contributed by atoms with Gasteiger partial charge in [0.25, 0.3) is 0 Å². The molecule has 0 saturated heterocycles. The quantitative estimate of drug-likeness (QED) is 0.778. The SMILES string of the molecule is CCOCc1nc(Cl)cc(NCC2CC2)n1. The van der Waals surface area contributed by atoms with Crippen LogP contribution >= 0.6 is 11.6 Å². The van der Waals surface area contributed by atoms with Crippen molar-refractivity contribution in [2.24, 2.45) is 5.92 Å². The zero-order chi connectivity index (χ0) is 11.4. The first kappa shape index (κ1) is 11.6. The Morgan fingerprint density at radius 3 is 3.00 bits per heavy atom. The standard InChI is InChI=1S/C11H16ClN3O/c1-2-16-7-11-14-9(12)5-10(15-11)13-6-8-3-4-8/h5,8H,2-4,6-7H2,1H3,(H,13,14,15). The molecule has 0 spiro atoms. The lowest BCUT2D eigenvalue weighted by Gasteiger charge is -2.07. The molecule has 16 heavy (non-hydrogen) atoms. The Morgan fingerprint density at radius 2 is 2.31 bits per heavy atom. The lowest BCUT2D eigenvalue weighted by molar-refractivity contribution is 0.128. The molecule has 1 aromatic heterocycles. The Kier molecular flexibility index (Phi) is 3.96. The second-order valence-electron chi connectivity index (χ2n) is 3.95. The van der Waals surface area contributed by atoms with Gasteiger partial charge in [-0.25, -0.2) is 9.97 Å². The highest BCUT2D eigenvalue weighted by molar-refractivity contribution is 6.29. The summed E-state index contributed by atoms with van der Waals surface area (Å²) in [6, 6.07) is 1.75. The van der Waals surface area contributed by atoms with Gasteiger partial charge in [-0.2, -0.15) is 0 Å². The zero-order valence-electron chi connectivity index (χ0n) is 9.37. The molecule has 5 heteroatoms. The molecular formula is C11H16ClN3O. The van der Waals surface area contributed by atoms with E-state index >= 15 is 0 Å². The van der Waals surface area contributed by atoms with Crippen LogP contribution in [0.5, 0.6) is 0 Å². The van der Waals surface area contributed by atoms with Crippen LogP contribution in [0.15, 0.2) is 6.07 Å². The number of hydrogen-bond acceptors (Lipinski definition) is 4. The van der Waals surface area contributed by atoms with Gasteiger partial charge in [0.1, 0.15) is 17.6 Å². The van der Waals surface area contributed by atoms with Gasteiger partial charge in [-0.1, -0.05) is 11.6 Å². The highest BCUT2D eigenvalue weighted by Crippen LogP contribution is 2.28. The zero-order valence-corrected chi connectivity index (χ0v) is 10.1. The van der Waals surface area contributed by atoms with Crippen LogP contribution in [0.4, 0.5) is 5.82 Å². The number of ether oxygens (including phenoxy) is 1. The maximum Gasteiger partial charge on any atom is 0.158 e. The summed E-state index contributed by atoms with van der Waals surface area (Å²) in [6.07, 6.45) is 2.63. The fourth-order valence-electron chi connectivity index (χ4n) is 1.38. The summed E-state index contributed by atoms with van der Waals surface area (Å²) in [4.78, 5) is 8.44. The van der Waals surface area contributed by atoms with Crippen molar-refractivity contribution in [3.05, 3.63) is 17.0 Å². The van der Waals surface area contributed by atoms with Crippen molar-refractivity contribution in [1.29, 1.82) is 0 Å². The van der Waals surface area contributed by atoms with Gasteiger partial charge in [0.15, 0.2) is 5.82 Å². The second-order valence-corrected chi connectivity index (χ2v) is 4.34. The lowest BCUT2D eigenvalue weighted by Crippen LogP contribution is -2.08. The van der Waals surface area contributed by atoms with Crippen LogP contribution in [0.25, 0.3) is 0 Å². The summed E-state index contributed by atoms with van der Waals surface area (Å²) < 4.78 is 5.26. The van der Waals surface area contributed by atoms with Crippen LogP contribution in [0, 0.1) is 5.92 Å². The Labute approximate surface area is 100 Å². The van der Waals surface area contributed by atoms with Crippen molar-refractivity contribution in [2.45, 2.75) is 26.4 Å². The van der Waals surface area contributed by atoms with E-state index in [1.165, 1.54) is 12.8 Å². The molecule has 88 valence electrons. The number of nitrogens with zero attached hydrogens (tertiary/aromatic N) is 2. The van der Waals surface area contributed by atoms with Crippen LogP contribution < -0.4 is 5.32 Å². The van der Waals surface area contributed by atoms with Gasteiger partial charge in [0.05, 0.1) is 0 Å². The van der Waals surface area contributed by atoms with Crippen molar-refractivity contribution < 1.29 is 4.74 Å². The minimum atomic E-state index is 0.412. The first-order valence-electron chi connectivity index (χ1n) is 5.63. The number of aromatic nitrogens is 2. The Balaban J connectivity index is 1.96. The summed E-state index contributed by atoms with van der Waals surface area (Å²) in [6.45, 7) is 3.98. The third kappa shape index (κ3) is 3.61. The minimum Gasteiger partial charge on any atom is -0.374 e. The largest absolute Gasteiger partial charge is 0.374 e. The Hall–Kier alpha value is -0.870. The van der Waals surface area contributed by atoms with Gasteiger partial charge in [-0.05, 0) is 25.7 Å². The van der Waals surface area contributed by atoms with E-state index in [1.54, 1.807) is 6.07 Å². The van der Waals surface area contributed by atoms with E-state index in [9.17, 15) is 0 Å². The van der Waals surface area contributed by atoms with E-state index < -0.39 is 0 Å². The van der Waals surface area contributed by atoms with E-state index in [4.69, 9.17) is 16.3 Å². The monoisotopic (exact) mass is 241 g/mol. The lowest BCUT2D eigenvalue weighted by atomic mass is 10.4. The summed E-state index contributed by atoms with van der Waals surface area (Å²) in [5.41, 5.74) is 0. The third-order valence-corrected chi connectivity index (χ3v) is 2.64. The topological polar surface area (TPSA) is 47.0 Å². The number of nitrogens with one attached hydrogen (secondary N) is 1. The molecule has 1 aliphatic rings. The van der Waals surface area contributed by atoms with E-state index in [1.807, 2.05) is 6.92 Å². The third-order valence-electron chi connectivity index (χ3n) is 2.45. The minimum absolute atomic E-state index is 0.412. The van der Waals surface area contributed by atoms with Crippen LogP contribution in [-0.2, 0) is 11.3 Å². The average Bonchev–Trinajstić information content (AvgIpc) is 3.07. The number of halogens is 1. The molecule has 1 heterocycles. The van der Waals surface area contributed by atoms with E-state index in [0.29, 0.717) is 24.2 Å². The Morgan fingerprint density at radius 1 is 1.50 bits per heavy atom. The van der Waals surface area contributed by atoms with E-state index in [0.717, 1.165) is 18.3 Å². The highest BCUT2D eigenvalue weighted by atomic mass is 35.5. The predicted octanol–water partition coefficient (Wildman–Crippen LogP) is 2.49. The fraction of sp³-hybridized carbons (Fsp3) is 0.636. The molecule has 4 nitrogen and oxygen atoms in total. The van der Waals surface area contributed by atoms with Crippen LogP contribution in [0.3, 0.4) is 0 Å². The smallest absolute Gasteiger partial charge is 0.158 e. The molecule has 0 amide bonds. The molecule has 1 saturated carbocycles. The van der Waals surface area contributed by atoms with Gasteiger partial charge < -0.3 is 10.1 Å². The fourth-order valence-corrected chi connectivity index (χ4v) is 1.58. The highest BCUT2D eigenvalue weighted by Gasteiger charge is 2.20. The molecule has 1 N–H and O–H groups in total. The molecule has 0 aliphatic heterocycles. The van der Waals surface area contributed by atoms with Crippen molar-refractivity contribution in [3.63, 3.8) is 0 Å². The van der Waals surface area contributed by atoms with Crippen molar-refractivity contribution in [3.8, 4) is 0 Å². The number of hydrogen-bond donors (Lipinski definition) is 1. The van der Waals surface area contributed by atoms with Gasteiger partial charge in [-0.15, -0.1) is 0 Å². The normalized spacial score (nSPS) is 15.1. The summed E-state index contributed by atoms with van der Waals surface area (Å²) in [5, 5.41) is 3.73. The molecule has 2 rings (SSSR count). The van der Waals surface area contributed by atoms with E-state index in [2.05, 4.69) is 15.3 Å². The van der Waals surface area contributed by atoms with Crippen LogP contribution in [-0.4, -0.2) is 23.1 Å². The van der Waals surface area contributed by atoms with Crippen molar-refractivity contribution in [2.75, 3.05) is 18.5 Å². The molecule has 0 bridgehead atoms. The molecule has 0 aromatic carbocycles. The van der Waals surface area contributed by atoms with Crippen molar-refractivity contribution in [1.82, 2.24) is 9.97 Å².